The van der Waals surface area contributed by atoms with Crippen molar-refractivity contribution in [3.8, 4) is 0 Å². The molecule has 2 aliphatic rings. The third kappa shape index (κ3) is 2.14. The van der Waals surface area contributed by atoms with Crippen LogP contribution < -0.4 is 4.90 Å². The van der Waals surface area contributed by atoms with Crippen molar-refractivity contribution in [1.29, 1.82) is 0 Å². The molecule has 0 saturated carbocycles. The van der Waals surface area contributed by atoms with Gasteiger partial charge in [-0.1, -0.05) is 0 Å². The van der Waals surface area contributed by atoms with Crippen LogP contribution in [0.15, 0.2) is 18.7 Å². The van der Waals surface area contributed by atoms with Gasteiger partial charge in [-0.05, 0) is 6.42 Å². The Hall–Kier alpha value is -2.44. The second-order valence-electron chi connectivity index (χ2n) is 5.40. The summed E-state index contributed by atoms with van der Waals surface area (Å²) in [4.78, 5) is 32.1. The molecule has 108 valence electrons. The Kier molecular flexibility index (Phi) is 2.83. The summed E-state index contributed by atoms with van der Waals surface area (Å²) in [5.74, 6) is 0.783. The molecule has 4 rings (SSSR count). The third-order valence-electron chi connectivity index (χ3n) is 4.10. The number of hydrogen-bond acceptors (Lipinski definition) is 5. The number of anilines is 1. The molecule has 7 heteroatoms. The number of likely N-dealkylation sites (tertiary alicyclic amines) is 1. The van der Waals surface area contributed by atoms with Gasteiger partial charge in [0, 0.05) is 26.1 Å². The highest BCUT2D eigenvalue weighted by atomic mass is 16.2. The zero-order valence-corrected chi connectivity index (χ0v) is 11.6. The Morgan fingerprint density at radius 3 is 2.76 bits per heavy atom. The molecule has 1 N–H and O–H groups in total. The molecule has 1 fully saturated rings. The topological polar surface area (TPSA) is 78.0 Å². The van der Waals surface area contributed by atoms with E-state index in [2.05, 4.69) is 24.8 Å². The van der Waals surface area contributed by atoms with E-state index in [-0.39, 0.29) is 5.91 Å². The van der Waals surface area contributed by atoms with E-state index in [9.17, 15) is 4.79 Å². The summed E-state index contributed by atoms with van der Waals surface area (Å²) in [7, 11) is 0. The van der Waals surface area contributed by atoms with Crippen molar-refractivity contribution >= 4 is 11.7 Å². The second-order valence-corrected chi connectivity index (χ2v) is 5.40. The molecule has 1 amide bonds. The van der Waals surface area contributed by atoms with Crippen molar-refractivity contribution in [3.63, 3.8) is 0 Å². The molecule has 2 aromatic rings. The summed E-state index contributed by atoms with van der Waals surface area (Å²) in [5.41, 5.74) is 2.69. The number of aromatic amines is 1. The predicted molar refractivity (Wildman–Crippen MR) is 75.9 cm³/mol. The normalized spacial score (nSPS) is 17.3. The van der Waals surface area contributed by atoms with E-state index >= 15 is 0 Å². The SMILES string of the molecule is O=C(c1cnc(N2CCc3nc[nH]c3C2)cn1)N1CCC1. The number of carbonyl (C=O) groups is 1. The molecule has 0 spiro atoms. The average molecular weight is 284 g/mol. The van der Waals surface area contributed by atoms with Gasteiger partial charge in [-0.3, -0.25) is 4.79 Å². The minimum Gasteiger partial charge on any atom is -0.349 e. The molecule has 1 saturated heterocycles. The lowest BCUT2D eigenvalue weighted by atomic mass is 10.1. The molecule has 0 aliphatic carbocycles. The van der Waals surface area contributed by atoms with Crippen molar-refractivity contribution in [1.82, 2.24) is 24.8 Å². The molecule has 0 bridgehead atoms. The van der Waals surface area contributed by atoms with Crippen molar-refractivity contribution in [2.24, 2.45) is 0 Å². The molecular formula is C14H16N6O. The molecule has 2 aliphatic heterocycles. The first-order valence-electron chi connectivity index (χ1n) is 7.18. The van der Waals surface area contributed by atoms with E-state index in [1.807, 2.05) is 0 Å². The number of H-pyrrole nitrogens is 1. The van der Waals surface area contributed by atoms with Crippen molar-refractivity contribution < 1.29 is 4.79 Å². The summed E-state index contributed by atoms with van der Waals surface area (Å²) in [6.45, 7) is 3.28. The molecule has 0 aromatic carbocycles. The van der Waals surface area contributed by atoms with E-state index in [4.69, 9.17) is 0 Å². The van der Waals surface area contributed by atoms with Gasteiger partial charge >= 0.3 is 0 Å². The van der Waals surface area contributed by atoms with Crippen LogP contribution in [-0.4, -0.2) is 50.4 Å². The van der Waals surface area contributed by atoms with Gasteiger partial charge in [0.25, 0.3) is 5.91 Å². The van der Waals surface area contributed by atoms with E-state index in [0.29, 0.717) is 5.69 Å². The summed E-state index contributed by atoms with van der Waals surface area (Å²) < 4.78 is 0. The quantitative estimate of drug-likeness (QED) is 0.874. The number of aromatic nitrogens is 4. The summed E-state index contributed by atoms with van der Waals surface area (Å²) in [6, 6.07) is 0. The molecule has 2 aromatic heterocycles. The van der Waals surface area contributed by atoms with Gasteiger partial charge in [-0.15, -0.1) is 0 Å². The lowest BCUT2D eigenvalue weighted by molar-refractivity contribution is 0.0645. The average Bonchev–Trinajstić information content (AvgIpc) is 2.93. The zero-order chi connectivity index (χ0) is 14.2. The second kappa shape index (κ2) is 4.83. The fraction of sp³-hybridized carbons (Fsp3) is 0.429. The number of fused-ring (bicyclic) bond motifs is 1. The Morgan fingerprint density at radius 1 is 1.14 bits per heavy atom. The fourth-order valence-electron chi connectivity index (χ4n) is 2.68. The van der Waals surface area contributed by atoms with E-state index < -0.39 is 0 Å². The maximum atomic E-state index is 12.0. The van der Waals surface area contributed by atoms with Crippen LogP contribution in [0.3, 0.4) is 0 Å². The number of nitrogens with zero attached hydrogens (tertiary/aromatic N) is 5. The highest BCUT2D eigenvalue weighted by molar-refractivity contribution is 5.92. The van der Waals surface area contributed by atoms with Crippen LogP contribution in [-0.2, 0) is 13.0 Å². The van der Waals surface area contributed by atoms with Crippen molar-refractivity contribution in [2.45, 2.75) is 19.4 Å². The van der Waals surface area contributed by atoms with Crippen LogP contribution in [0.4, 0.5) is 5.82 Å². The minimum absolute atomic E-state index is 0.0187. The lowest BCUT2D eigenvalue weighted by Crippen LogP contribution is -2.42. The maximum absolute atomic E-state index is 12.0. The van der Waals surface area contributed by atoms with E-state index in [1.165, 1.54) is 0 Å². The van der Waals surface area contributed by atoms with E-state index in [0.717, 1.165) is 56.2 Å². The van der Waals surface area contributed by atoms with Crippen LogP contribution >= 0.6 is 0 Å². The maximum Gasteiger partial charge on any atom is 0.274 e. The molecule has 21 heavy (non-hydrogen) atoms. The van der Waals surface area contributed by atoms with Gasteiger partial charge in [0.1, 0.15) is 11.5 Å². The van der Waals surface area contributed by atoms with Gasteiger partial charge in [0.05, 0.1) is 36.7 Å². The first-order valence-corrected chi connectivity index (χ1v) is 7.18. The summed E-state index contributed by atoms with van der Waals surface area (Å²) >= 11 is 0. The first kappa shape index (κ1) is 12.3. The van der Waals surface area contributed by atoms with Crippen LogP contribution in [0.5, 0.6) is 0 Å². The van der Waals surface area contributed by atoms with Crippen molar-refractivity contribution in [3.05, 3.63) is 35.8 Å². The number of imidazole rings is 1. The molecule has 0 atom stereocenters. The number of carbonyl (C=O) groups excluding carboxylic acids is 1. The largest absolute Gasteiger partial charge is 0.349 e. The van der Waals surface area contributed by atoms with Crippen LogP contribution in [0.2, 0.25) is 0 Å². The Balaban J connectivity index is 1.50. The fourth-order valence-corrected chi connectivity index (χ4v) is 2.68. The van der Waals surface area contributed by atoms with Gasteiger partial charge in [-0.2, -0.15) is 0 Å². The van der Waals surface area contributed by atoms with Gasteiger partial charge < -0.3 is 14.8 Å². The number of nitrogens with one attached hydrogen (secondary N) is 1. The predicted octanol–water partition coefficient (Wildman–Crippen LogP) is 0.608. The Bertz CT molecular complexity index is 660. The van der Waals surface area contributed by atoms with Gasteiger partial charge in [0.2, 0.25) is 0 Å². The van der Waals surface area contributed by atoms with Crippen LogP contribution in [0, 0.1) is 0 Å². The summed E-state index contributed by atoms with van der Waals surface area (Å²) in [6.07, 6.45) is 6.98. The summed E-state index contributed by atoms with van der Waals surface area (Å²) in [5, 5.41) is 0. The monoisotopic (exact) mass is 284 g/mol. The van der Waals surface area contributed by atoms with Gasteiger partial charge in [0.15, 0.2) is 0 Å². The number of rotatable bonds is 2. The third-order valence-corrected chi connectivity index (χ3v) is 4.10. The highest BCUT2D eigenvalue weighted by Gasteiger charge is 2.24. The molecule has 0 unspecified atom stereocenters. The standard InChI is InChI=1S/C14H16N6O/c21-14(19-3-1-4-19)11-6-16-13(7-15-11)20-5-2-10-12(8-20)18-9-17-10/h6-7,9H,1-5,8H2,(H,17,18). The zero-order valence-electron chi connectivity index (χ0n) is 11.6. The van der Waals surface area contributed by atoms with Crippen LogP contribution in [0.25, 0.3) is 0 Å². The minimum atomic E-state index is -0.0187. The Morgan fingerprint density at radius 2 is 2.05 bits per heavy atom. The number of hydrogen-bond donors (Lipinski definition) is 1. The molecule has 0 radical (unpaired) electrons. The van der Waals surface area contributed by atoms with E-state index in [1.54, 1.807) is 23.6 Å². The van der Waals surface area contributed by atoms with Crippen molar-refractivity contribution in [2.75, 3.05) is 24.5 Å². The molecule has 7 nitrogen and oxygen atoms in total. The Labute approximate surface area is 122 Å². The molecular weight excluding hydrogens is 268 g/mol. The highest BCUT2D eigenvalue weighted by Crippen LogP contribution is 2.20. The first-order chi connectivity index (χ1) is 10.3. The number of amides is 1. The molecule has 4 heterocycles. The smallest absolute Gasteiger partial charge is 0.274 e. The van der Waals surface area contributed by atoms with Crippen LogP contribution in [0.1, 0.15) is 28.3 Å². The lowest BCUT2D eigenvalue weighted by Gasteiger charge is -2.30. The van der Waals surface area contributed by atoms with Gasteiger partial charge in [-0.25, -0.2) is 15.0 Å².